The van der Waals surface area contributed by atoms with Crippen molar-refractivity contribution in [3.63, 3.8) is 0 Å². The minimum atomic E-state index is -3.73. The van der Waals surface area contributed by atoms with E-state index in [4.69, 9.17) is 5.11 Å². The average molecular weight is 326 g/mol. The lowest BCUT2D eigenvalue weighted by molar-refractivity contribution is 0.0691. The van der Waals surface area contributed by atoms with Crippen molar-refractivity contribution >= 4 is 27.3 Å². The summed E-state index contributed by atoms with van der Waals surface area (Å²) in [6.45, 7) is 0. The maximum Gasteiger partial charge on any atom is 0.352 e. The van der Waals surface area contributed by atoms with E-state index in [1.54, 1.807) is 11.3 Å². The van der Waals surface area contributed by atoms with E-state index in [0.717, 1.165) is 30.9 Å². The molecule has 1 atom stereocenters. The largest absolute Gasteiger partial charge is 0.477 e. The van der Waals surface area contributed by atoms with Gasteiger partial charge in [-0.2, -0.15) is 0 Å². The minimum absolute atomic E-state index is 0.0535. The molecule has 6 nitrogen and oxygen atoms in total. The van der Waals surface area contributed by atoms with Gasteiger partial charge in [0, 0.05) is 17.1 Å². The highest BCUT2D eigenvalue weighted by atomic mass is 32.2. The number of sulfonamides is 1. The number of carboxylic acid groups (broad SMARTS) is 1. The Morgan fingerprint density at radius 2 is 2.29 bits per heavy atom. The standard InChI is InChI=1S/C13H14N2O4S2/c16-13(17)11-6-8(7-14-11)21(18,19)15-10-2-1-3-12-9(10)4-5-20-12/h4-7,10,14-15H,1-3H2,(H,16,17). The van der Waals surface area contributed by atoms with Gasteiger partial charge in [-0.05, 0) is 42.3 Å². The summed E-state index contributed by atoms with van der Waals surface area (Å²) in [5.74, 6) is -1.19. The average Bonchev–Trinajstić information content (AvgIpc) is 3.08. The summed E-state index contributed by atoms with van der Waals surface area (Å²) in [5.41, 5.74) is 0.888. The van der Waals surface area contributed by atoms with Crippen molar-refractivity contribution in [2.75, 3.05) is 0 Å². The third kappa shape index (κ3) is 2.74. The van der Waals surface area contributed by atoms with Crippen molar-refractivity contribution in [3.8, 4) is 0 Å². The number of aryl methyl sites for hydroxylation is 1. The summed E-state index contributed by atoms with van der Waals surface area (Å²) >= 11 is 1.64. The van der Waals surface area contributed by atoms with Gasteiger partial charge in [-0.3, -0.25) is 0 Å². The van der Waals surface area contributed by atoms with Crippen LogP contribution in [0.2, 0.25) is 0 Å². The number of thiophene rings is 1. The van der Waals surface area contributed by atoms with E-state index in [1.807, 2.05) is 11.4 Å². The molecular weight excluding hydrogens is 312 g/mol. The van der Waals surface area contributed by atoms with E-state index in [2.05, 4.69) is 9.71 Å². The molecule has 1 aliphatic rings. The molecule has 3 N–H and O–H groups in total. The lowest BCUT2D eigenvalue weighted by Gasteiger charge is -2.23. The van der Waals surface area contributed by atoms with Crippen LogP contribution in [0.5, 0.6) is 0 Å². The first kappa shape index (κ1) is 14.3. The Kier molecular flexibility index (Phi) is 3.60. The summed E-state index contributed by atoms with van der Waals surface area (Å²) < 4.78 is 27.4. The molecule has 2 aromatic rings. The lowest BCUT2D eigenvalue weighted by atomic mass is 9.95. The van der Waals surface area contributed by atoms with Gasteiger partial charge in [0.05, 0.1) is 0 Å². The SMILES string of the molecule is O=C(O)c1cc(S(=O)(=O)NC2CCCc3sccc32)c[nH]1. The van der Waals surface area contributed by atoms with Crippen molar-refractivity contribution in [1.82, 2.24) is 9.71 Å². The Balaban J connectivity index is 1.85. The van der Waals surface area contributed by atoms with Crippen LogP contribution in [0.25, 0.3) is 0 Å². The van der Waals surface area contributed by atoms with E-state index in [-0.39, 0.29) is 16.6 Å². The summed E-state index contributed by atoms with van der Waals surface area (Å²) in [7, 11) is -3.73. The van der Waals surface area contributed by atoms with Crippen molar-refractivity contribution < 1.29 is 18.3 Å². The number of rotatable bonds is 4. The highest BCUT2D eigenvalue weighted by Gasteiger charge is 2.27. The summed E-state index contributed by atoms with van der Waals surface area (Å²) in [5, 5.41) is 10.8. The number of H-pyrrole nitrogens is 1. The van der Waals surface area contributed by atoms with Crippen LogP contribution in [0, 0.1) is 0 Å². The van der Waals surface area contributed by atoms with Gasteiger partial charge < -0.3 is 10.1 Å². The summed E-state index contributed by atoms with van der Waals surface area (Å²) in [6, 6.07) is 2.84. The number of aromatic nitrogens is 1. The fraction of sp³-hybridized carbons (Fsp3) is 0.308. The molecule has 0 saturated heterocycles. The highest BCUT2D eigenvalue weighted by Crippen LogP contribution is 2.34. The number of hydrogen-bond donors (Lipinski definition) is 3. The second-order valence-electron chi connectivity index (χ2n) is 4.92. The molecule has 0 bridgehead atoms. The second kappa shape index (κ2) is 5.28. The number of carbonyl (C=O) groups is 1. The van der Waals surface area contributed by atoms with Gasteiger partial charge in [0.1, 0.15) is 10.6 Å². The molecule has 112 valence electrons. The molecule has 1 aliphatic carbocycles. The quantitative estimate of drug-likeness (QED) is 0.801. The molecule has 0 aromatic carbocycles. The Hall–Kier alpha value is -1.64. The monoisotopic (exact) mass is 326 g/mol. The van der Waals surface area contributed by atoms with Crippen molar-refractivity contribution in [1.29, 1.82) is 0 Å². The number of aromatic carboxylic acids is 1. The predicted molar refractivity (Wildman–Crippen MR) is 78.1 cm³/mol. The maximum absolute atomic E-state index is 12.3. The maximum atomic E-state index is 12.3. The molecule has 3 rings (SSSR count). The summed E-state index contributed by atoms with van der Waals surface area (Å²) in [4.78, 5) is 14.4. The Bertz CT molecular complexity index is 776. The van der Waals surface area contributed by atoms with Gasteiger partial charge in [-0.25, -0.2) is 17.9 Å². The molecule has 2 heterocycles. The van der Waals surface area contributed by atoms with E-state index in [1.165, 1.54) is 11.1 Å². The van der Waals surface area contributed by atoms with Crippen LogP contribution in [0.1, 0.15) is 39.8 Å². The zero-order chi connectivity index (χ0) is 15.0. The van der Waals surface area contributed by atoms with Gasteiger partial charge in [-0.1, -0.05) is 0 Å². The minimum Gasteiger partial charge on any atom is -0.477 e. The van der Waals surface area contributed by atoms with Crippen LogP contribution in [-0.2, 0) is 16.4 Å². The molecule has 0 fully saturated rings. The van der Waals surface area contributed by atoms with Crippen molar-refractivity contribution in [2.24, 2.45) is 0 Å². The molecule has 0 saturated carbocycles. The second-order valence-corrected chi connectivity index (χ2v) is 7.63. The first-order valence-corrected chi connectivity index (χ1v) is 8.84. The fourth-order valence-corrected chi connectivity index (χ4v) is 4.75. The molecule has 0 aliphatic heterocycles. The smallest absolute Gasteiger partial charge is 0.352 e. The van der Waals surface area contributed by atoms with Gasteiger partial charge in [0.2, 0.25) is 10.0 Å². The molecular formula is C13H14N2O4S2. The predicted octanol–water partition coefficient (Wildman–Crippen LogP) is 2.13. The van der Waals surface area contributed by atoms with Crippen LogP contribution in [0.3, 0.4) is 0 Å². The van der Waals surface area contributed by atoms with Crippen LogP contribution < -0.4 is 4.72 Å². The van der Waals surface area contributed by atoms with E-state index in [0.29, 0.717) is 0 Å². The molecule has 21 heavy (non-hydrogen) atoms. The van der Waals surface area contributed by atoms with Crippen LogP contribution in [-0.4, -0.2) is 24.5 Å². The Morgan fingerprint density at radius 1 is 1.48 bits per heavy atom. The Labute approximate surface area is 125 Å². The third-order valence-corrected chi connectivity index (χ3v) is 5.99. The number of carboxylic acids is 1. The van der Waals surface area contributed by atoms with Crippen molar-refractivity contribution in [2.45, 2.75) is 30.2 Å². The molecule has 8 heteroatoms. The van der Waals surface area contributed by atoms with E-state index in [9.17, 15) is 13.2 Å². The highest BCUT2D eigenvalue weighted by molar-refractivity contribution is 7.89. The topological polar surface area (TPSA) is 99.3 Å². The first-order chi connectivity index (χ1) is 9.97. The van der Waals surface area contributed by atoms with Gasteiger partial charge in [0.25, 0.3) is 0 Å². The normalized spacial score (nSPS) is 18.4. The lowest BCUT2D eigenvalue weighted by Crippen LogP contribution is -2.30. The first-order valence-electron chi connectivity index (χ1n) is 6.47. The number of nitrogens with one attached hydrogen (secondary N) is 2. The molecule has 1 unspecified atom stereocenters. The zero-order valence-corrected chi connectivity index (χ0v) is 12.6. The van der Waals surface area contributed by atoms with Gasteiger partial charge >= 0.3 is 5.97 Å². The molecule has 0 spiro atoms. The summed E-state index contributed by atoms with van der Waals surface area (Å²) in [6.07, 6.45) is 3.87. The van der Waals surface area contributed by atoms with Gasteiger partial charge in [0.15, 0.2) is 0 Å². The third-order valence-electron chi connectivity index (χ3n) is 3.55. The van der Waals surface area contributed by atoms with Crippen LogP contribution in [0.4, 0.5) is 0 Å². The Morgan fingerprint density at radius 3 is 3.00 bits per heavy atom. The number of fused-ring (bicyclic) bond motifs is 1. The number of hydrogen-bond acceptors (Lipinski definition) is 4. The van der Waals surface area contributed by atoms with E-state index < -0.39 is 16.0 Å². The molecule has 0 radical (unpaired) electrons. The van der Waals surface area contributed by atoms with E-state index >= 15 is 0 Å². The van der Waals surface area contributed by atoms with Gasteiger partial charge in [-0.15, -0.1) is 11.3 Å². The number of aromatic amines is 1. The molecule has 2 aromatic heterocycles. The van der Waals surface area contributed by atoms with Crippen molar-refractivity contribution in [3.05, 3.63) is 39.8 Å². The fourth-order valence-electron chi connectivity index (χ4n) is 2.52. The van der Waals surface area contributed by atoms with Crippen LogP contribution >= 0.6 is 11.3 Å². The molecule has 0 amide bonds. The zero-order valence-electron chi connectivity index (χ0n) is 11.0. The van der Waals surface area contributed by atoms with Crippen LogP contribution in [0.15, 0.2) is 28.6 Å².